The Morgan fingerprint density at radius 1 is 1.17 bits per heavy atom. The van der Waals surface area contributed by atoms with Crippen molar-refractivity contribution in [3.8, 4) is 0 Å². The van der Waals surface area contributed by atoms with Crippen LogP contribution in [0, 0.1) is 11.8 Å². The minimum atomic E-state index is 0.103. The summed E-state index contributed by atoms with van der Waals surface area (Å²) in [6, 6.07) is 0.514. The number of nitrogens with one attached hydrogen (secondary N) is 1. The lowest BCUT2D eigenvalue weighted by Gasteiger charge is -2.27. The highest BCUT2D eigenvalue weighted by atomic mass is 15.0. The van der Waals surface area contributed by atoms with Crippen molar-refractivity contribution in [2.45, 2.75) is 53.2 Å². The molecule has 12 heavy (non-hydrogen) atoms. The van der Waals surface area contributed by atoms with E-state index in [9.17, 15) is 0 Å². The topological polar surface area (TPSA) is 38.0 Å². The second kappa shape index (κ2) is 5.55. The van der Waals surface area contributed by atoms with Crippen LogP contribution < -0.4 is 11.1 Å². The van der Waals surface area contributed by atoms with E-state index in [1.807, 2.05) is 6.92 Å². The van der Waals surface area contributed by atoms with Gasteiger partial charge in [0, 0.05) is 6.04 Å². The zero-order valence-electron chi connectivity index (χ0n) is 9.09. The van der Waals surface area contributed by atoms with Gasteiger partial charge in [-0.2, -0.15) is 0 Å². The Morgan fingerprint density at radius 2 is 1.67 bits per heavy atom. The van der Waals surface area contributed by atoms with Crippen LogP contribution in [0.2, 0.25) is 0 Å². The first-order valence-electron chi connectivity index (χ1n) is 5.00. The molecule has 0 saturated heterocycles. The standard InChI is InChI=1S/C10H24N2/c1-6-7(2)8(3)9(4)12-10(5)11/h7-10,12H,6,11H2,1-5H3. The highest BCUT2D eigenvalue weighted by Gasteiger charge is 2.17. The van der Waals surface area contributed by atoms with Gasteiger partial charge in [-0.25, -0.2) is 0 Å². The molecule has 0 amide bonds. The van der Waals surface area contributed by atoms with Crippen LogP contribution in [0.25, 0.3) is 0 Å². The van der Waals surface area contributed by atoms with Gasteiger partial charge in [0.2, 0.25) is 0 Å². The number of rotatable bonds is 5. The summed E-state index contributed by atoms with van der Waals surface area (Å²) in [6.07, 6.45) is 1.35. The lowest BCUT2D eigenvalue weighted by atomic mass is 9.88. The summed E-state index contributed by atoms with van der Waals surface area (Å²) in [5.41, 5.74) is 5.66. The molecule has 4 atom stereocenters. The quantitative estimate of drug-likeness (QED) is 0.622. The van der Waals surface area contributed by atoms with Gasteiger partial charge in [-0.3, -0.25) is 5.32 Å². The van der Waals surface area contributed by atoms with Crippen LogP contribution in [-0.2, 0) is 0 Å². The number of hydrogen-bond donors (Lipinski definition) is 2. The summed E-state index contributed by atoms with van der Waals surface area (Å²) in [6.45, 7) is 11.0. The summed E-state index contributed by atoms with van der Waals surface area (Å²) >= 11 is 0. The molecule has 2 heteroatoms. The van der Waals surface area contributed by atoms with Crippen molar-refractivity contribution in [2.75, 3.05) is 0 Å². The Bertz CT molecular complexity index is 112. The summed E-state index contributed by atoms with van der Waals surface area (Å²) in [4.78, 5) is 0. The lowest BCUT2D eigenvalue weighted by molar-refractivity contribution is 0.277. The highest BCUT2D eigenvalue weighted by molar-refractivity contribution is 4.73. The Kier molecular flexibility index (Phi) is 5.51. The van der Waals surface area contributed by atoms with E-state index in [1.165, 1.54) is 6.42 Å². The molecule has 0 aliphatic carbocycles. The molecule has 0 rings (SSSR count). The fraction of sp³-hybridized carbons (Fsp3) is 1.00. The van der Waals surface area contributed by atoms with Gasteiger partial charge < -0.3 is 5.73 Å². The third kappa shape index (κ3) is 4.07. The first kappa shape index (κ1) is 11.9. The van der Waals surface area contributed by atoms with E-state index in [1.54, 1.807) is 0 Å². The summed E-state index contributed by atoms with van der Waals surface area (Å²) < 4.78 is 0. The molecule has 0 saturated carbocycles. The van der Waals surface area contributed by atoms with E-state index in [0.29, 0.717) is 12.0 Å². The third-order valence-corrected chi connectivity index (χ3v) is 2.86. The Balaban J connectivity index is 3.83. The highest BCUT2D eigenvalue weighted by Crippen LogP contribution is 2.17. The maximum atomic E-state index is 5.66. The molecule has 0 aromatic carbocycles. The van der Waals surface area contributed by atoms with Crippen LogP contribution in [0.5, 0.6) is 0 Å². The largest absolute Gasteiger partial charge is 0.316 e. The Hall–Kier alpha value is -0.0800. The van der Waals surface area contributed by atoms with Gasteiger partial charge in [-0.15, -0.1) is 0 Å². The van der Waals surface area contributed by atoms with Gasteiger partial charge in [-0.1, -0.05) is 27.2 Å². The lowest BCUT2D eigenvalue weighted by Crippen LogP contribution is -2.44. The van der Waals surface area contributed by atoms with E-state index in [2.05, 4.69) is 33.0 Å². The first-order valence-corrected chi connectivity index (χ1v) is 5.00. The van der Waals surface area contributed by atoms with E-state index in [0.717, 1.165) is 5.92 Å². The minimum Gasteiger partial charge on any atom is -0.316 e. The average molecular weight is 172 g/mol. The van der Waals surface area contributed by atoms with Crippen molar-refractivity contribution >= 4 is 0 Å². The molecule has 0 bridgehead atoms. The summed E-state index contributed by atoms with van der Waals surface area (Å²) in [5, 5.41) is 3.34. The Morgan fingerprint density at radius 3 is 2.00 bits per heavy atom. The second-order valence-corrected chi connectivity index (χ2v) is 3.99. The molecule has 2 nitrogen and oxygen atoms in total. The second-order valence-electron chi connectivity index (χ2n) is 3.99. The molecule has 4 unspecified atom stereocenters. The molecule has 0 aromatic heterocycles. The smallest absolute Gasteiger partial charge is 0.0519 e. The van der Waals surface area contributed by atoms with Gasteiger partial charge >= 0.3 is 0 Å². The first-order chi connectivity index (χ1) is 5.49. The average Bonchev–Trinajstić information content (AvgIpc) is 2.00. The van der Waals surface area contributed by atoms with E-state index < -0.39 is 0 Å². The molecule has 0 spiro atoms. The molecule has 0 aromatic rings. The molecule has 3 N–H and O–H groups in total. The van der Waals surface area contributed by atoms with Gasteiger partial charge in [0.15, 0.2) is 0 Å². The van der Waals surface area contributed by atoms with E-state index in [-0.39, 0.29) is 6.17 Å². The summed E-state index contributed by atoms with van der Waals surface area (Å²) in [7, 11) is 0. The Labute approximate surface area is 76.9 Å². The molecule has 0 heterocycles. The zero-order valence-corrected chi connectivity index (χ0v) is 9.09. The predicted octanol–water partition coefficient (Wildman–Crippen LogP) is 1.95. The zero-order chi connectivity index (χ0) is 9.72. The fourth-order valence-corrected chi connectivity index (χ4v) is 1.43. The van der Waals surface area contributed by atoms with Crippen molar-refractivity contribution in [3.05, 3.63) is 0 Å². The van der Waals surface area contributed by atoms with E-state index in [4.69, 9.17) is 5.73 Å². The van der Waals surface area contributed by atoms with Crippen molar-refractivity contribution in [2.24, 2.45) is 17.6 Å². The molecular weight excluding hydrogens is 148 g/mol. The molecular formula is C10H24N2. The van der Waals surface area contributed by atoms with Crippen LogP contribution in [0.15, 0.2) is 0 Å². The van der Waals surface area contributed by atoms with Gasteiger partial charge in [0.05, 0.1) is 6.17 Å². The van der Waals surface area contributed by atoms with Crippen molar-refractivity contribution < 1.29 is 0 Å². The van der Waals surface area contributed by atoms with Crippen LogP contribution in [0.4, 0.5) is 0 Å². The van der Waals surface area contributed by atoms with Crippen LogP contribution in [-0.4, -0.2) is 12.2 Å². The molecule has 0 aliphatic heterocycles. The SMILES string of the molecule is CCC(C)C(C)C(C)NC(C)N. The monoisotopic (exact) mass is 172 g/mol. The predicted molar refractivity (Wildman–Crippen MR) is 54.9 cm³/mol. The maximum absolute atomic E-state index is 5.66. The molecule has 0 fully saturated rings. The van der Waals surface area contributed by atoms with Crippen molar-refractivity contribution in [1.82, 2.24) is 5.32 Å². The van der Waals surface area contributed by atoms with Crippen molar-refractivity contribution in [1.29, 1.82) is 0 Å². The maximum Gasteiger partial charge on any atom is 0.0519 e. The normalized spacial score (nSPS) is 21.5. The van der Waals surface area contributed by atoms with Gasteiger partial charge in [0.25, 0.3) is 0 Å². The van der Waals surface area contributed by atoms with Crippen LogP contribution in [0.1, 0.15) is 41.0 Å². The van der Waals surface area contributed by atoms with Gasteiger partial charge in [0.1, 0.15) is 0 Å². The molecule has 0 aliphatic rings. The van der Waals surface area contributed by atoms with Gasteiger partial charge in [-0.05, 0) is 25.7 Å². The molecule has 74 valence electrons. The number of hydrogen-bond acceptors (Lipinski definition) is 2. The fourth-order valence-electron chi connectivity index (χ4n) is 1.43. The number of nitrogens with two attached hydrogens (primary N) is 1. The minimum absolute atomic E-state index is 0.103. The molecule has 0 radical (unpaired) electrons. The van der Waals surface area contributed by atoms with Crippen LogP contribution >= 0.6 is 0 Å². The van der Waals surface area contributed by atoms with Crippen molar-refractivity contribution in [3.63, 3.8) is 0 Å². The van der Waals surface area contributed by atoms with E-state index >= 15 is 0 Å². The third-order valence-electron chi connectivity index (χ3n) is 2.86. The van der Waals surface area contributed by atoms with Crippen LogP contribution in [0.3, 0.4) is 0 Å². The summed E-state index contributed by atoms with van der Waals surface area (Å²) in [5.74, 6) is 1.47.